The Labute approximate surface area is 94.2 Å². The van der Waals surface area contributed by atoms with Crippen LogP contribution in [0.25, 0.3) is 0 Å². The number of hydrogen-bond acceptors (Lipinski definition) is 2. The first-order valence-corrected chi connectivity index (χ1v) is 5.52. The Balaban J connectivity index is 1.98. The molecule has 1 fully saturated rings. The second-order valence-corrected chi connectivity index (χ2v) is 4.19. The van der Waals surface area contributed by atoms with Crippen LogP contribution in [0.15, 0.2) is 24.3 Å². The molecule has 0 spiro atoms. The third kappa shape index (κ3) is 2.32. The van der Waals surface area contributed by atoms with Gasteiger partial charge in [0.2, 0.25) is 0 Å². The molecule has 0 aromatic heterocycles. The van der Waals surface area contributed by atoms with E-state index in [0.29, 0.717) is 12.5 Å². The topological polar surface area (TPSA) is 26.3 Å². The third-order valence-corrected chi connectivity index (χ3v) is 2.93. The van der Waals surface area contributed by atoms with Crippen molar-refractivity contribution in [2.24, 2.45) is 5.92 Å². The highest BCUT2D eigenvalue weighted by Crippen LogP contribution is 2.48. The van der Waals surface area contributed by atoms with Gasteiger partial charge in [-0.25, -0.2) is 0 Å². The zero-order valence-corrected chi connectivity index (χ0v) is 9.33. The monoisotopic (exact) mass is 224 g/mol. The molecule has 0 amide bonds. The van der Waals surface area contributed by atoms with E-state index in [-0.39, 0.29) is 11.9 Å². The van der Waals surface area contributed by atoms with Gasteiger partial charge < -0.3 is 4.74 Å². The molecule has 80 valence electrons. The maximum absolute atomic E-state index is 11.4. The number of esters is 1. The second kappa shape index (κ2) is 4.23. The Morgan fingerprint density at radius 3 is 2.73 bits per heavy atom. The predicted molar refractivity (Wildman–Crippen MR) is 58.9 cm³/mol. The van der Waals surface area contributed by atoms with Crippen molar-refractivity contribution in [3.05, 3.63) is 34.9 Å². The van der Waals surface area contributed by atoms with E-state index in [1.54, 1.807) is 0 Å². The molecule has 1 aromatic rings. The Morgan fingerprint density at radius 2 is 2.13 bits per heavy atom. The fourth-order valence-corrected chi connectivity index (χ4v) is 1.91. The molecule has 0 heterocycles. The van der Waals surface area contributed by atoms with Crippen molar-refractivity contribution in [3.8, 4) is 0 Å². The van der Waals surface area contributed by atoms with E-state index < -0.39 is 0 Å². The van der Waals surface area contributed by atoms with E-state index >= 15 is 0 Å². The van der Waals surface area contributed by atoms with E-state index in [1.807, 2.05) is 31.2 Å². The minimum absolute atomic E-state index is 0.0612. The first-order valence-electron chi connectivity index (χ1n) is 5.14. The summed E-state index contributed by atoms with van der Waals surface area (Å²) in [5, 5.41) is 0.729. The van der Waals surface area contributed by atoms with Crippen molar-refractivity contribution in [1.82, 2.24) is 0 Å². The lowest BCUT2D eigenvalue weighted by Gasteiger charge is -2.01. The standard InChI is InChI=1S/C12H13ClO2/c1-2-15-12(14)11-7-10(11)8-3-5-9(13)6-4-8/h3-6,10-11H,2,7H2,1H3. The number of halogens is 1. The van der Waals surface area contributed by atoms with Gasteiger partial charge in [0.25, 0.3) is 0 Å². The Morgan fingerprint density at radius 1 is 1.47 bits per heavy atom. The van der Waals surface area contributed by atoms with Gasteiger partial charge in [-0.1, -0.05) is 23.7 Å². The molecule has 15 heavy (non-hydrogen) atoms. The number of ether oxygens (including phenoxy) is 1. The van der Waals surface area contributed by atoms with Gasteiger partial charge in [0.15, 0.2) is 0 Å². The maximum Gasteiger partial charge on any atom is 0.309 e. The summed E-state index contributed by atoms with van der Waals surface area (Å²) in [6.45, 7) is 2.29. The van der Waals surface area contributed by atoms with Crippen LogP contribution < -0.4 is 0 Å². The van der Waals surface area contributed by atoms with Gasteiger partial charge in [0.1, 0.15) is 0 Å². The molecule has 2 nitrogen and oxygen atoms in total. The molecule has 2 rings (SSSR count). The summed E-state index contributed by atoms with van der Waals surface area (Å²) in [5.74, 6) is 0.324. The molecule has 1 aliphatic carbocycles. The van der Waals surface area contributed by atoms with E-state index in [1.165, 1.54) is 5.56 Å². The van der Waals surface area contributed by atoms with Gasteiger partial charge in [-0.15, -0.1) is 0 Å². The van der Waals surface area contributed by atoms with Gasteiger partial charge in [0, 0.05) is 5.02 Å². The van der Waals surface area contributed by atoms with E-state index in [2.05, 4.69) is 0 Å². The zero-order chi connectivity index (χ0) is 10.8. The first kappa shape index (κ1) is 10.5. The molecule has 2 unspecified atom stereocenters. The van der Waals surface area contributed by atoms with Gasteiger partial charge in [-0.2, -0.15) is 0 Å². The molecule has 1 aromatic carbocycles. The smallest absolute Gasteiger partial charge is 0.309 e. The molecule has 0 aliphatic heterocycles. The van der Waals surface area contributed by atoms with Crippen molar-refractivity contribution in [1.29, 1.82) is 0 Å². The molecule has 1 saturated carbocycles. The molecule has 0 saturated heterocycles. The number of hydrogen-bond donors (Lipinski definition) is 0. The summed E-state index contributed by atoms with van der Waals surface area (Å²) < 4.78 is 4.98. The summed E-state index contributed by atoms with van der Waals surface area (Å²) in [6.07, 6.45) is 0.903. The van der Waals surface area contributed by atoms with Crippen LogP contribution in [-0.2, 0) is 9.53 Å². The van der Waals surface area contributed by atoms with Crippen LogP contribution in [0.1, 0.15) is 24.8 Å². The highest BCUT2D eigenvalue weighted by molar-refractivity contribution is 6.30. The number of carbonyl (C=O) groups excluding carboxylic acids is 1. The Kier molecular flexibility index (Phi) is 2.96. The van der Waals surface area contributed by atoms with E-state index in [4.69, 9.17) is 16.3 Å². The lowest BCUT2D eigenvalue weighted by molar-refractivity contribution is -0.144. The SMILES string of the molecule is CCOC(=O)C1CC1c1ccc(Cl)cc1. The van der Waals surface area contributed by atoms with Crippen molar-refractivity contribution < 1.29 is 9.53 Å². The van der Waals surface area contributed by atoms with Crippen molar-refractivity contribution >= 4 is 17.6 Å². The van der Waals surface area contributed by atoms with Crippen LogP contribution in [0.3, 0.4) is 0 Å². The summed E-state index contributed by atoms with van der Waals surface area (Å²) in [4.78, 5) is 11.4. The molecule has 0 radical (unpaired) electrons. The maximum atomic E-state index is 11.4. The minimum Gasteiger partial charge on any atom is -0.466 e. The van der Waals surface area contributed by atoms with Gasteiger partial charge >= 0.3 is 5.97 Å². The largest absolute Gasteiger partial charge is 0.466 e. The third-order valence-electron chi connectivity index (χ3n) is 2.68. The zero-order valence-electron chi connectivity index (χ0n) is 8.57. The summed E-state index contributed by atoms with van der Waals surface area (Å²) in [6, 6.07) is 7.67. The van der Waals surface area contributed by atoms with Gasteiger partial charge in [0.05, 0.1) is 12.5 Å². The van der Waals surface area contributed by atoms with E-state index in [9.17, 15) is 4.79 Å². The molecule has 0 bridgehead atoms. The van der Waals surface area contributed by atoms with Crippen LogP contribution in [-0.4, -0.2) is 12.6 Å². The molecular weight excluding hydrogens is 212 g/mol. The van der Waals surface area contributed by atoms with Crippen molar-refractivity contribution in [2.45, 2.75) is 19.3 Å². The van der Waals surface area contributed by atoms with Gasteiger partial charge in [-0.3, -0.25) is 4.79 Å². The average Bonchev–Trinajstić information content (AvgIpc) is 2.99. The number of rotatable bonds is 3. The van der Waals surface area contributed by atoms with E-state index in [0.717, 1.165) is 11.4 Å². The molecule has 2 atom stereocenters. The Hall–Kier alpha value is -1.02. The number of benzene rings is 1. The first-order chi connectivity index (χ1) is 7.22. The van der Waals surface area contributed by atoms with Crippen LogP contribution in [0, 0.1) is 5.92 Å². The normalized spacial score (nSPS) is 23.6. The molecule has 3 heteroatoms. The Bertz CT molecular complexity index is 358. The minimum atomic E-state index is -0.0718. The highest BCUT2D eigenvalue weighted by atomic mass is 35.5. The van der Waals surface area contributed by atoms with Crippen molar-refractivity contribution in [3.63, 3.8) is 0 Å². The fourth-order valence-electron chi connectivity index (χ4n) is 1.78. The molecular formula is C12H13ClO2. The lowest BCUT2D eigenvalue weighted by Crippen LogP contribution is -2.07. The van der Waals surface area contributed by atoms with Gasteiger partial charge in [-0.05, 0) is 37.0 Å². The summed E-state index contributed by atoms with van der Waals surface area (Å²) >= 11 is 5.79. The summed E-state index contributed by atoms with van der Waals surface area (Å²) in [7, 11) is 0. The average molecular weight is 225 g/mol. The van der Waals surface area contributed by atoms with Crippen LogP contribution in [0.4, 0.5) is 0 Å². The lowest BCUT2D eigenvalue weighted by atomic mass is 10.1. The molecule has 1 aliphatic rings. The quantitative estimate of drug-likeness (QED) is 0.738. The molecule has 0 N–H and O–H groups in total. The van der Waals surface area contributed by atoms with Crippen LogP contribution >= 0.6 is 11.6 Å². The number of carbonyl (C=O) groups is 1. The predicted octanol–water partition coefficient (Wildman–Crippen LogP) is 3.01. The van der Waals surface area contributed by atoms with Crippen LogP contribution in [0.2, 0.25) is 5.02 Å². The van der Waals surface area contributed by atoms with Crippen molar-refractivity contribution in [2.75, 3.05) is 6.61 Å². The fraction of sp³-hybridized carbons (Fsp3) is 0.417. The summed E-state index contributed by atoms with van der Waals surface area (Å²) in [5.41, 5.74) is 1.18. The highest BCUT2D eigenvalue weighted by Gasteiger charge is 2.44. The second-order valence-electron chi connectivity index (χ2n) is 3.75. The van der Waals surface area contributed by atoms with Crippen LogP contribution in [0.5, 0.6) is 0 Å².